The van der Waals surface area contributed by atoms with Gasteiger partial charge >= 0.3 is 0 Å². The van der Waals surface area contributed by atoms with Crippen molar-refractivity contribution in [2.45, 2.75) is 33.7 Å². The summed E-state index contributed by atoms with van der Waals surface area (Å²) in [5, 5.41) is 0.598. The molecule has 1 unspecified atom stereocenters. The number of halogens is 2. The van der Waals surface area contributed by atoms with Gasteiger partial charge in [0.15, 0.2) is 0 Å². The molecule has 0 aliphatic heterocycles. The van der Waals surface area contributed by atoms with Gasteiger partial charge in [-0.15, -0.1) is 0 Å². The summed E-state index contributed by atoms with van der Waals surface area (Å²) in [6.45, 7) is 8.28. The van der Waals surface area contributed by atoms with Gasteiger partial charge in [0, 0.05) is 18.7 Å². The van der Waals surface area contributed by atoms with E-state index in [1.54, 1.807) is 24.1 Å². The Balaban J connectivity index is 3.08. The van der Waals surface area contributed by atoms with Gasteiger partial charge in [0.05, 0.1) is 15.7 Å². The van der Waals surface area contributed by atoms with Crippen LogP contribution in [0.25, 0.3) is 0 Å². The number of carbonyl (C=O) groups is 1. The third-order valence-electron chi connectivity index (χ3n) is 3.48. The number of hydrogen-bond acceptors (Lipinski definition) is 2. The maximum Gasteiger partial charge on any atom is 0.253 e. The number of amides is 1. The molecular formula is C14H20Cl2N2O. The summed E-state index contributed by atoms with van der Waals surface area (Å²) in [5.74, 6) is -0.119. The quantitative estimate of drug-likeness (QED) is 0.837. The molecule has 0 saturated heterocycles. The minimum Gasteiger partial charge on any atom is -0.396 e. The molecule has 19 heavy (non-hydrogen) atoms. The lowest BCUT2D eigenvalue weighted by Crippen LogP contribution is -2.42. The van der Waals surface area contributed by atoms with E-state index >= 15 is 0 Å². The fourth-order valence-corrected chi connectivity index (χ4v) is 2.16. The number of rotatable bonds is 2. The van der Waals surface area contributed by atoms with Crippen LogP contribution in [-0.2, 0) is 0 Å². The van der Waals surface area contributed by atoms with Gasteiger partial charge in [-0.2, -0.15) is 0 Å². The first-order chi connectivity index (χ1) is 8.55. The van der Waals surface area contributed by atoms with Gasteiger partial charge in [-0.05, 0) is 24.5 Å². The van der Waals surface area contributed by atoms with Crippen molar-refractivity contribution in [1.82, 2.24) is 4.90 Å². The molecule has 0 saturated carbocycles. The highest BCUT2D eigenvalue weighted by molar-refractivity contribution is 6.39. The number of carbonyl (C=O) groups excluding carboxylic acids is 1. The Kier molecular flexibility index (Phi) is 4.75. The van der Waals surface area contributed by atoms with Crippen LogP contribution in [0.5, 0.6) is 0 Å². The largest absolute Gasteiger partial charge is 0.396 e. The molecule has 106 valence electrons. The standard InChI is InChI=1S/C14H20Cl2N2O/c1-8(14(2,3)4)18(5)13(19)9-6-10(15)12(17)11(16)7-9/h6-8H,17H2,1-5H3. The smallest absolute Gasteiger partial charge is 0.253 e. The SMILES string of the molecule is CC(N(C)C(=O)c1cc(Cl)c(N)c(Cl)c1)C(C)(C)C. The van der Waals surface area contributed by atoms with Crippen LogP contribution in [0.3, 0.4) is 0 Å². The molecule has 1 amide bonds. The summed E-state index contributed by atoms with van der Waals surface area (Å²) in [7, 11) is 1.77. The fourth-order valence-electron chi connectivity index (χ4n) is 1.67. The Morgan fingerprint density at radius 1 is 1.26 bits per heavy atom. The monoisotopic (exact) mass is 302 g/mol. The Morgan fingerprint density at radius 3 is 2.05 bits per heavy atom. The molecule has 1 aromatic carbocycles. The van der Waals surface area contributed by atoms with Crippen LogP contribution in [0.1, 0.15) is 38.1 Å². The van der Waals surface area contributed by atoms with E-state index in [0.717, 1.165) is 0 Å². The van der Waals surface area contributed by atoms with E-state index in [-0.39, 0.29) is 17.4 Å². The van der Waals surface area contributed by atoms with Crippen LogP contribution in [0.15, 0.2) is 12.1 Å². The molecule has 0 aromatic heterocycles. The molecule has 0 bridgehead atoms. The molecule has 1 rings (SSSR count). The summed E-state index contributed by atoms with van der Waals surface area (Å²) >= 11 is 11.9. The summed E-state index contributed by atoms with van der Waals surface area (Å²) in [6, 6.07) is 3.18. The second-order valence-corrected chi connectivity index (χ2v) is 6.63. The van der Waals surface area contributed by atoms with Crippen molar-refractivity contribution < 1.29 is 4.79 Å². The van der Waals surface area contributed by atoms with Crippen LogP contribution in [0.4, 0.5) is 5.69 Å². The minimum absolute atomic E-state index is 0.00813. The van der Waals surface area contributed by atoms with Crippen LogP contribution in [0, 0.1) is 5.41 Å². The van der Waals surface area contributed by atoms with Gasteiger partial charge in [-0.1, -0.05) is 44.0 Å². The Bertz CT molecular complexity index is 472. The highest BCUT2D eigenvalue weighted by atomic mass is 35.5. The first-order valence-corrected chi connectivity index (χ1v) is 6.83. The van der Waals surface area contributed by atoms with Crippen LogP contribution in [-0.4, -0.2) is 23.9 Å². The third kappa shape index (κ3) is 3.54. The van der Waals surface area contributed by atoms with E-state index in [2.05, 4.69) is 20.8 Å². The first-order valence-electron chi connectivity index (χ1n) is 6.07. The maximum atomic E-state index is 12.4. The number of benzene rings is 1. The van der Waals surface area contributed by atoms with Crippen molar-refractivity contribution in [3.05, 3.63) is 27.7 Å². The summed E-state index contributed by atoms with van der Waals surface area (Å²) < 4.78 is 0. The van der Waals surface area contributed by atoms with Gasteiger partial charge in [0.2, 0.25) is 0 Å². The zero-order valence-corrected chi connectivity index (χ0v) is 13.4. The molecule has 0 aliphatic rings. The average Bonchev–Trinajstić information content (AvgIpc) is 2.31. The van der Waals surface area contributed by atoms with Crippen molar-refractivity contribution >= 4 is 34.8 Å². The minimum atomic E-state index is -0.119. The predicted octanol–water partition coefficient (Wildman–Crippen LogP) is 4.08. The molecular weight excluding hydrogens is 283 g/mol. The lowest BCUT2D eigenvalue weighted by molar-refractivity contribution is 0.0629. The Hall–Kier alpha value is -0.930. The molecule has 0 aliphatic carbocycles. The van der Waals surface area contributed by atoms with Gasteiger partial charge in [0.1, 0.15) is 0 Å². The molecule has 1 atom stereocenters. The van der Waals surface area contributed by atoms with Crippen LogP contribution >= 0.6 is 23.2 Å². The van der Waals surface area contributed by atoms with E-state index in [4.69, 9.17) is 28.9 Å². The van der Waals surface area contributed by atoms with Crippen LogP contribution < -0.4 is 5.73 Å². The lowest BCUT2D eigenvalue weighted by Gasteiger charge is -2.35. The third-order valence-corrected chi connectivity index (χ3v) is 4.11. The van der Waals surface area contributed by atoms with E-state index in [1.165, 1.54) is 0 Å². The number of anilines is 1. The van der Waals surface area contributed by atoms with Crippen molar-refractivity contribution in [1.29, 1.82) is 0 Å². The Labute approximate surface area is 124 Å². The van der Waals surface area contributed by atoms with Gasteiger partial charge in [0.25, 0.3) is 5.91 Å². The van der Waals surface area contributed by atoms with E-state index in [9.17, 15) is 4.79 Å². The van der Waals surface area contributed by atoms with Crippen LogP contribution in [0.2, 0.25) is 10.0 Å². The number of nitrogens with two attached hydrogens (primary N) is 1. The van der Waals surface area contributed by atoms with Gasteiger partial charge < -0.3 is 10.6 Å². The highest BCUT2D eigenvalue weighted by Crippen LogP contribution is 2.30. The van der Waals surface area contributed by atoms with E-state index in [0.29, 0.717) is 21.3 Å². The first kappa shape index (κ1) is 16.1. The average molecular weight is 303 g/mol. The molecule has 1 aromatic rings. The van der Waals surface area contributed by atoms with Crippen molar-refractivity contribution in [2.75, 3.05) is 12.8 Å². The second-order valence-electron chi connectivity index (χ2n) is 5.81. The summed E-state index contributed by atoms with van der Waals surface area (Å²) in [6.07, 6.45) is 0. The molecule has 3 nitrogen and oxygen atoms in total. The summed E-state index contributed by atoms with van der Waals surface area (Å²) in [5.41, 5.74) is 6.40. The predicted molar refractivity (Wildman–Crippen MR) is 81.9 cm³/mol. The van der Waals surface area contributed by atoms with Gasteiger partial charge in [-0.3, -0.25) is 4.79 Å². The molecule has 0 heterocycles. The van der Waals surface area contributed by atoms with Crippen molar-refractivity contribution in [3.8, 4) is 0 Å². The summed E-state index contributed by atoms with van der Waals surface area (Å²) in [4.78, 5) is 14.1. The van der Waals surface area contributed by atoms with Gasteiger partial charge in [-0.25, -0.2) is 0 Å². The number of nitrogen functional groups attached to an aromatic ring is 1. The van der Waals surface area contributed by atoms with Crippen molar-refractivity contribution in [2.24, 2.45) is 5.41 Å². The topological polar surface area (TPSA) is 46.3 Å². The van der Waals surface area contributed by atoms with E-state index < -0.39 is 0 Å². The highest BCUT2D eigenvalue weighted by Gasteiger charge is 2.28. The number of nitrogens with zero attached hydrogens (tertiary/aromatic N) is 1. The number of hydrogen-bond donors (Lipinski definition) is 1. The normalized spacial score (nSPS) is 13.2. The lowest BCUT2D eigenvalue weighted by atomic mass is 9.87. The molecule has 5 heteroatoms. The maximum absolute atomic E-state index is 12.4. The Morgan fingerprint density at radius 2 is 1.68 bits per heavy atom. The second kappa shape index (κ2) is 5.59. The molecule has 0 spiro atoms. The molecule has 2 N–H and O–H groups in total. The van der Waals surface area contributed by atoms with E-state index in [1.807, 2.05) is 6.92 Å². The fraction of sp³-hybridized carbons (Fsp3) is 0.500. The zero-order valence-electron chi connectivity index (χ0n) is 11.9. The molecule has 0 radical (unpaired) electrons. The van der Waals surface area contributed by atoms with Crippen molar-refractivity contribution in [3.63, 3.8) is 0 Å². The zero-order chi connectivity index (χ0) is 15.0. The molecule has 0 fully saturated rings.